The minimum Gasteiger partial charge on any atom is -0.512 e. The Kier molecular flexibility index (Phi) is 26.6. The van der Waals surface area contributed by atoms with Crippen molar-refractivity contribution in [3.63, 3.8) is 0 Å². The van der Waals surface area contributed by atoms with Crippen molar-refractivity contribution in [3.05, 3.63) is 202 Å². The first-order valence-corrected chi connectivity index (χ1v) is 29.4. The third kappa shape index (κ3) is 22.3. The summed E-state index contributed by atoms with van der Waals surface area (Å²) in [4.78, 5) is 33.0. The molecule has 2 heterocycles. The number of hydrogen-bond acceptors (Lipinski definition) is 6. The van der Waals surface area contributed by atoms with Gasteiger partial charge in [-0.05, 0) is 101 Å². The third-order valence-electron chi connectivity index (χ3n) is 13.9. The van der Waals surface area contributed by atoms with Crippen molar-refractivity contribution in [1.82, 2.24) is 9.97 Å². The van der Waals surface area contributed by atoms with Gasteiger partial charge in [0, 0.05) is 84.8 Å². The summed E-state index contributed by atoms with van der Waals surface area (Å²) in [7, 11) is 0. The van der Waals surface area contributed by atoms with Gasteiger partial charge in [-0.2, -0.15) is 0 Å². The molecule has 8 aromatic rings. The molecule has 2 N–H and O–H groups in total. The normalized spacial score (nSPS) is 12.0. The molecule has 0 spiro atoms. The Labute approximate surface area is 538 Å². The summed E-state index contributed by atoms with van der Waals surface area (Å²) in [6.45, 7) is 41.9. The van der Waals surface area contributed by atoms with Gasteiger partial charge in [0.25, 0.3) is 0 Å². The second kappa shape index (κ2) is 31.0. The van der Waals surface area contributed by atoms with Gasteiger partial charge < -0.3 is 10.2 Å². The Morgan fingerprint density at radius 3 is 1.09 bits per heavy atom. The third-order valence-corrected chi connectivity index (χ3v) is 13.9. The van der Waals surface area contributed by atoms with Crippen LogP contribution in [0.25, 0.3) is 66.6 Å². The molecule has 0 aliphatic rings. The number of ketones is 2. The number of aliphatic hydroxyl groups is 2. The van der Waals surface area contributed by atoms with Gasteiger partial charge in [-0.15, -0.1) is 69.8 Å². The maximum Gasteiger partial charge on any atom is 0.164 e. The number of aromatic nitrogens is 2. The van der Waals surface area contributed by atoms with Crippen molar-refractivity contribution in [2.75, 3.05) is 0 Å². The molecule has 0 aliphatic carbocycles. The van der Waals surface area contributed by atoms with Crippen LogP contribution in [0, 0.1) is 80.2 Å². The van der Waals surface area contributed by atoms with Crippen LogP contribution in [0.1, 0.15) is 150 Å². The molecular formula is C77H94Ir2N2O4-2. The van der Waals surface area contributed by atoms with E-state index in [1.165, 1.54) is 73.0 Å². The van der Waals surface area contributed by atoms with Gasteiger partial charge in [0.15, 0.2) is 11.6 Å². The van der Waals surface area contributed by atoms with Crippen molar-refractivity contribution < 1.29 is 60.0 Å². The Hall–Kier alpha value is -6.14. The van der Waals surface area contributed by atoms with Crippen LogP contribution < -0.4 is 0 Å². The molecule has 8 rings (SSSR count). The number of allylic oxidation sites excluding steroid dienone is 4. The number of rotatable bonds is 10. The number of carbonyl (C=O) groups excluding carboxylic acids is 2. The van der Waals surface area contributed by atoms with Crippen molar-refractivity contribution >= 4 is 33.4 Å². The first-order valence-electron chi connectivity index (χ1n) is 29.4. The van der Waals surface area contributed by atoms with Crippen molar-refractivity contribution in [2.45, 2.75) is 158 Å². The van der Waals surface area contributed by atoms with Gasteiger partial charge in [0.2, 0.25) is 0 Å². The maximum absolute atomic E-state index is 11.5. The smallest absolute Gasteiger partial charge is 0.164 e. The van der Waals surface area contributed by atoms with Gasteiger partial charge in [-0.1, -0.05) is 223 Å². The number of aliphatic hydroxyl groups excluding tert-OH is 2. The Bertz CT molecular complexity index is 3510. The molecule has 2 aromatic heterocycles. The average molecular weight is 1500 g/mol. The number of aryl methyl sites for hydroxylation is 5. The fourth-order valence-electron chi connectivity index (χ4n) is 9.00. The summed E-state index contributed by atoms with van der Waals surface area (Å²) < 4.78 is 0. The molecule has 6 nitrogen and oxygen atoms in total. The first kappa shape index (κ1) is 73.1. The molecule has 0 fully saturated rings. The van der Waals surface area contributed by atoms with E-state index in [0.29, 0.717) is 11.8 Å². The summed E-state index contributed by atoms with van der Waals surface area (Å²) >= 11 is 0. The van der Waals surface area contributed by atoms with E-state index in [0.717, 1.165) is 57.5 Å². The van der Waals surface area contributed by atoms with E-state index >= 15 is 0 Å². The molecule has 0 unspecified atom stereocenters. The van der Waals surface area contributed by atoms with Crippen LogP contribution in [0.5, 0.6) is 0 Å². The minimum absolute atomic E-state index is 0. The zero-order chi connectivity index (χ0) is 61.9. The zero-order valence-corrected chi connectivity index (χ0v) is 59.4. The molecular weight excluding hydrogens is 1400 g/mol. The fraction of sp³-hybridized carbons (Fsp3) is 0.377. The summed E-state index contributed by atoms with van der Waals surface area (Å²) in [5.41, 5.74) is 18.6. The van der Waals surface area contributed by atoms with E-state index in [2.05, 4.69) is 202 Å². The van der Waals surface area contributed by atoms with Crippen LogP contribution in [0.15, 0.2) is 151 Å². The molecule has 8 heteroatoms. The van der Waals surface area contributed by atoms with Crippen molar-refractivity contribution in [1.29, 1.82) is 0 Å². The molecule has 0 saturated carbocycles. The van der Waals surface area contributed by atoms with Gasteiger partial charge in [-0.25, -0.2) is 0 Å². The summed E-state index contributed by atoms with van der Waals surface area (Å²) in [6.07, 6.45) is 4.74. The number of pyridine rings is 2. The van der Waals surface area contributed by atoms with Crippen LogP contribution >= 0.6 is 0 Å². The van der Waals surface area contributed by atoms with E-state index in [4.69, 9.17) is 9.97 Å². The largest absolute Gasteiger partial charge is 0.512 e. The topological polar surface area (TPSA) is 100 Å². The van der Waals surface area contributed by atoms with Crippen LogP contribution in [0.4, 0.5) is 0 Å². The second-order valence-corrected chi connectivity index (χ2v) is 27.5. The molecule has 0 amide bonds. The number of fused-ring (bicyclic) bond motifs is 2. The Morgan fingerprint density at radius 1 is 0.435 bits per heavy atom. The minimum atomic E-state index is -0.417. The second-order valence-electron chi connectivity index (χ2n) is 27.5. The van der Waals surface area contributed by atoms with Gasteiger partial charge in [0.05, 0.1) is 11.0 Å². The van der Waals surface area contributed by atoms with Crippen LogP contribution in [0.2, 0.25) is 0 Å². The Balaban J connectivity index is 0.000000315. The monoisotopic (exact) mass is 1500 g/mol. The summed E-state index contributed by atoms with van der Waals surface area (Å²) in [5.74, 6) is 1.38. The predicted octanol–water partition coefficient (Wildman–Crippen LogP) is 20.9. The van der Waals surface area contributed by atoms with Crippen LogP contribution in [0.3, 0.4) is 0 Å². The fourth-order valence-corrected chi connectivity index (χ4v) is 9.00. The van der Waals surface area contributed by atoms with Crippen LogP contribution in [-0.2, 0) is 62.6 Å². The summed E-state index contributed by atoms with van der Waals surface area (Å²) in [5, 5.41) is 21.6. The Morgan fingerprint density at radius 2 is 0.776 bits per heavy atom. The van der Waals surface area contributed by atoms with Gasteiger partial charge in [-0.3, -0.25) is 19.6 Å². The number of nitrogens with zero attached hydrogens (tertiary/aromatic N) is 2. The quantitative estimate of drug-likeness (QED) is 0.0804. The average Bonchev–Trinajstić information content (AvgIpc) is 1.94. The standard InChI is InChI=1S/C28H28N.C27H26N.2C11H20O2.2Ir/c1-18(2)12-24-17-28(25-14-20(4)13-21(5)15-25)29-27-11-10-23(16-26(24)27)22-8-6-19(3)7-9-22;1-18(2)12-23-17-27(24-14-19(3)13-20(4)15-24)28-26-11-10-22(16-25(23)26)21-8-6-5-7-9-21;2*1-10(2,3)8(12)7-9(13)11(4,5)6;;/h6-11,13-14,16-18H,12H2,1-5H3;5-11,13-14,16-18H,12H2,1-4H3;2*7,12H,1-6H3;;/q2*-1;;;;. The van der Waals surface area contributed by atoms with E-state index in [9.17, 15) is 19.8 Å². The molecule has 85 heavy (non-hydrogen) atoms. The van der Waals surface area contributed by atoms with Crippen molar-refractivity contribution in [3.8, 4) is 44.8 Å². The van der Waals surface area contributed by atoms with Gasteiger partial charge >= 0.3 is 0 Å². The van der Waals surface area contributed by atoms with E-state index < -0.39 is 10.8 Å². The van der Waals surface area contributed by atoms with E-state index in [1.54, 1.807) is 0 Å². The maximum atomic E-state index is 11.5. The zero-order valence-electron chi connectivity index (χ0n) is 54.6. The molecule has 6 aromatic carbocycles. The van der Waals surface area contributed by atoms with E-state index in [1.807, 2.05) is 83.1 Å². The van der Waals surface area contributed by atoms with Crippen LogP contribution in [-0.4, -0.2) is 31.7 Å². The molecule has 0 aliphatic heterocycles. The molecule has 2 radical (unpaired) electrons. The number of carbonyl (C=O) groups is 2. The molecule has 0 saturated heterocycles. The summed E-state index contributed by atoms with van der Waals surface area (Å²) in [6, 6.07) is 52.8. The van der Waals surface area contributed by atoms with Gasteiger partial charge in [0.1, 0.15) is 11.5 Å². The van der Waals surface area contributed by atoms with Crippen molar-refractivity contribution in [2.24, 2.45) is 33.5 Å². The first-order chi connectivity index (χ1) is 38.5. The SMILES string of the molecule is CC(C)(C)C(=O)C=C(O)C(C)(C)C.CC(C)(C)C(=O)C=C(O)C(C)(C)C.Cc1[c-]c(-c2cc(CC(C)C)c3cc(-c4ccc(C)cc4)ccc3n2)cc(C)c1.Cc1[c-]c(-c2cc(CC(C)C)c3cc(-c4ccccc4)ccc3n2)cc(C)c1.[Ir].[Ir]. The number of benzene rings is 6. The molecule has 0 atom stereocenters. The van der Waals surface area contributed by atoms with E-state index in [-0.39, 0.29) is 74.1 Å². The predicted molar refractivity (Wildman–Crippen MR) is 353 cm³/mol. The number of hydrogen-bond donors (Lipinski definition) is 2. The molecule has 0 bridgehead atoms. The molecule has 456 valence electrons.